The molecule has 1 N–H and O–H groups in total. The molecule has 0 aliphatic rings. The van der Waals surface area contributed by atoms with Gasteiger partial charge >= 0.3 is 0 Å². The number of sulfonamides is 1. The lowest BCUT2D eigenvalue weighted by Gasteiger charge is -2.08. The Kier molecular flexibility index (Phi) is 6.28. The molecule has 0 bridgehead atoms. The SMILES string of the molecule is C#CCn1c(=NC(=O)c2cccc(NS(=O)(=O)c3ccc(F)cc3)c2)sc2cc(F)cc(F)c21. The third-order valence-electron chi connectivity index (χ3n) is 4.63. The van der Waals surface area contributed by atoms with Crippen molar-refractivity contribution in [1.29, 1.82) is 0 Å². The molecular weight excluding hydrogens is 487 g/mol. The van der Waals surface area contributed by atoms with Crippen molar-refractivity contribution in [1.82, 2.24) is 4.57 Å². The Balaban J connectivity index is 1.70. The fraction of sp³-hybridized carbons (Fsp3) is 0.0435. The van der Waals surface area contributed by atoms with Crippen LogP contribution in [0.2, 0.25) is 0 Å². The van der Waals surface area contributed by atoms with Crippen LogP contribution < -0.4 is 9.52 Å². The highest BCUT2D eigenvalue weighted by Crippen LogP contribution is 2.23. The number of thiazole rings is 1. The van der Waals surface area contributed by atoms with E-state index in [1.165, 1.54) is 28.8 Å². The molecule has 0 unspecified atom stereocenters. The molecule has 0 aliphatic heterocycles. The number of anilines is 1. The van der Waals surface area contributed by atoms with E-state index in [9.17, 15) is 26.4 Å². The molecule has 0 atom stereocenters. The molecule has 1 aromatic heterocycles. The number of fused-ring (bicyclic) bond motifs is 1. The topological polar surface area (TPSA) is 80.5 Å². The van der Waals surface area contributed by atoms with Gasteiger partial charge in [0.25, 0.3) is 15.9 Å². The van der Waals surface area contributed by atoms with Crippen LogP contribution in [-0.2, 0) is 16.6 Å². The third kappa shape index (κ3) is 4.73. The van der Waals surface area contributed by atoms with Gasteiger partial charge in [0.2, 0.25) is 0 Å². The Hall–Kier alpha value is -3.88. The molecule has 0 aliphatic carbocycles. The van der Waals surface area contributed by atoms with Crippen molar-refractivity contribution in [2.24, 2.45) is 4.99 Å². The van der Waals surface area contributed by atoms with Gasteiger partial charge in [0.1, 0.15) is 11.6 Å². The van der Waals surface area contributed by atoms with Gasteiger partial charge in [-0.2, -0.15) is 4.99 Å². The van der Waals surface area contributed by atoms with Gasteiger partial charge in [-0.15, -0.1) is 6.42 Å². The third-order valence-corrected chi connectivity index (χ3v) is 7.05. The molecule has 6 nitrogen and oxygen atoms in total. The molecule has 1 amide bonds. The molecule has 4 aromatic rings. The summed E-state index contributed by atoms with van der Waals surface area (Å²) in [4.78, 5) is 16.7. The molecule has 0 radical (unpaired) electrons. The highest BCUT2D eigenvalue weighted by molar-refractivity contribution is 7.92. The van der Waals surface area contributed by atoms with E-state index in [4.69, 9.17) is 6.42 Å². The van der Waals surface area contributed by atoms with Crippen LogP contribution >= 0.6 is 11.3 Å². The van der Waals surface area contributed by atoms with Crippen molar-refractivity contribution in [2.75, 3.05) is 4.72 Å². The fourth-order valence-corrected chi connectivity index (χ4v) is 5.26. The molecule has 0 saturated heterocycles. The average Bonchev–Trinajstić information content (AvgIpc) is 3.11. The number of amides is 1. The second-order valence-electron chi connectivity index (χ2n) is 6.97. The molecule has 4 rings (SSSR count). The second kappa shape index (κ2) is 9.17. The van der Waals surface area contributed by atoms with E-state index >= 15 is 0 Å². The van der Waals surface area contributed by atoms with Crippen LogP contribution in [0.15, 0.2) is 70.6 Å². The van der Waals surface area contributed by atoms with Crippen LogP contribution in [0.5, 0.6) is 0 Å². The molecule has 11 heteroatoms. The molecular formula is C23H14F3N3O3S2. The normalized spacial score (nSPS) is 12.0. The minimum Gasteiger partial charge on any atom is -0.302 e. The summed E-state index contributed by atoms with van der Waals surface area (Å²) in [6, 6.07) is 11.6. The maximum Gasteiger partial charge on any atom is 0.279 e. The number of terminal acetylenes is 1. The first kappa shape index (κ1) is 23.3. The first-order chi connectivity index (χ1) is 16.2. The Morgan fingerprint density at radius 2 is 1.79 bits per heavy atom. The first-order valence-corrected chi connectivity index (χ1v) is 11.9. The van der Waals surface area contributed by atoms with Gasteiger partial charge in [-0.1, -0.05) is 23.3 Å². The van der Waals surface area contributed by atoms with Crippen molar-refractivity contribution in [2.45, 2.75) is 11.4 Å². The van der Waals surface area contributed by atoms with E-state index in [2.05, 4.69) is 15.6 Å². The number of halogens is 3. The van der Waals surface area contributed by atoms with Gasteiger partial charge in [-0.25, -0.2) is 21.6 Å². The van der Waals surface area contributed by atoms with Gasteiger partial charge in [0, 0.05) is 17.3 Å². The van der Waals surface area contributed by atoms with Crippen LogP contribution in [0.3, 0.4) is 0 Å². The number of nitrogens with one attached hydrogen (secondary N) is 1. The largest absolute Gasteiger partial charge is 0.302 e. The zero-order chi connectivity index (χ0) is 24.5. The van der Waals surface area contributed by atoms with Crippen molar-refractivity contribution >= 4 is 43.2 Å². The van der Waals surface area contributed by atoms with Crippen molar-refractivity contribution in [3.05, 3.63) is 88.5 Å². The lowest BCUT2D eigenvalue weighted by atomic mass is 10.2. The summed E-state index contributed by atoms with van der Waals surface area (Å²) >= 11 is 0.886. The monoisotopic (exact) mass is 501 g/mol. The number of hydrogen-bond donors (Lipinski definition) is 1. The summed E-state index contributed by atoms with van der Waals surface area (Å²) in [5.74, 6) is -0.604. The standard InChI is InChI=1S/C23H14F3N3O3S2/c1-2-10-29-21-19(26)12-16(25)13-20(21)33-23(29)27-22(30)14-4-3-5-17(11-14)28-34(31,32)18-8-6-15(24)7-9-18/h1,3-9,11-13,28H,10H2. The molecule has 34 heavy (non-hydrogen) atoms. The highest BCUT2D eigenvalue weighted by atomic mass is 32.2. The van der Waals surface area contributed by atoms with Crippen LogP contribution in [0, 0.1) is 29.8 Å². The van der Waals surface area contributed by atoms with Gasteiger partial charge in [-0.3, -0.25) is 9.52 Å². The minimum absolute atomic E-state index is 0.0247. The minimum atomic E-state index is -4.03. The Morgan fingerprint density at radius 1 is 1.06 bits per heavy atom. The summed E-state index contributed by atoms with van der Waals surface area (Å²) in [7, 11) is -4.03. The summed E-state index contributed by atoms with van der Waals surface area (Å²) < 4.78 is 69.9. The van der Waals surface area contributed by atoms with Gasteiger partial charge in [-0.05, 0) is 48.5 Å². The maximum atomic E-state index is 14.3. The van der Waals surface area contributed by atoms with E-state index < -0.39 is 33.4 Å². The lowest BCUT2D eigenvalue weighted by molar-refractivity contribution is 0.0998. The van der Waals surface area contributed by atoms with Crippen LogP contribution in [0.4, 0.5) is 18.9 Å². The summed E-state index contributed by atoms with van der Waals surface area (Å²) in [5.41, 5.74) is 0.138. The lowest BCUT2D eigenvalue weighted by Crippen LogP contribution is -2.17. The van der Waals surface area contributed by atoms with Gasteiger partial charge in [0.05, 0.1) is 21.7 Å². The number of rotatable bonds is 5. The average molecular weight is 502 g/mol. The van der Waals surface area contributed by atoms with Crippen LogP contribution in [0.25, 0.3) is 10.2 Å². The molecule has 0 spiro atoms. The molecule has 3 aromatic carbocycles. The van der Waals surface area contributed by atoms with Gasteiger partial charge in [0.15, 0.2) is 10.6 Å². The molecule has 0 saturated carbocycles. The first-order valence-electron chi connectivity index (χ1n) is 9.57. The quantitative estimate of drug-likeness (QED) is 0.414. The number of hydrogen-bond acceptors (Lipinski definition) is 4. The van der Waals surface area contributed by atoms with Crippen LogP contribution in [0.1, 0.15) is 10.4 Å². The molecule has 0 fully saturated rings. The maximum absolute atomic E-state index is 14.3. The van der Waals surface area contributed by atoms with Crippen LogP contribution in [-0.4, -0.2) is 18.9 Å². The van der Waals surface area contributed by atoms with E-state index in [0.29, 0.717) is 6.07 Å². The summed E-state index contributed by atoms with van der Waals surface area (Å²) in [5, 5.41) is 0. The Bertz CT molecular complexity index is 1630. The summed E-state index contributed by atoms with van der Waals surface area (Å²) in [6.07, 6.45) is 5.36. The smallest absolute Gasteiger partial charge is 0.279 e. The molecule has 1 heterocycles. The summed E-state index contributed by atoms with van der Waals surface area (Å²) in [6.45, 7) is -0.105. The Morgan fingerprint density at radius 3 is 2.50 bits per heavy atom. The highest BCUT2D eigenvalue weighted by Gasteiger charge is 2.17. The molecule has 172 valence electrons. The number of nitrogens with zero attached hydrogens (tertiary/aromatic N) is 2. The Labute approximate surface area is 196 Å². The van der Waals surface area contributed by atoms with E-state index in [0.717, 1.165) is 41.7 Å². The zero-order valence-corrected chi connectivity index (χ0v) is 18.8. The van der Waals surface area contributed by atoms with Crippen molar-refractivity contribution in [3.8, 4) is 12.3 Å². The number of carbonyl (C=O) groups excluding carboxylic acids is 1. The van der Waals surface area contributed by atoms with Gasteiger partial charge < -0.3 is 4.57 Å². The number of benzene rings is 3. The van der Waals surface area contributed by atoms with Crippen molar-refractivity contribution in [3.63, 3.8) is 0 Å². The van der Waals surface area contributed by atoms with Crippen molar-refractivity contribution < 1.29 is 26.4 Å². The van der Waals surface area contributed by atoms with E-state index in [1.807, 2.05) is 0 Å². The fourth-order valence-electron chi connectivity index (χ4n) is 3.15. The zero-order valence-electron chi connectivity index (χ0n) is 17.1. The predicted octanol–water partition coefficient (Wildman–Crippen LogP) is 4.30. The second-order valence-corrected chi connectivity index (χ2v) is 9.66. The predicted molar refractivity (Wildman–Crippen MR) is 122 cm³/mol. The van der Waals surface area contributed by atoms with E-state index in [1.54, 1.807) is 0 Å². The van der Waals surface area contributed by atoms with E-state index in [-0.39, 0.29) is 37.7 Å². The number of aromatic nitrogens is 1. The number of carbonyl (C=O) groups is 1.